The molecule has 0 aliphatic heterocycles. The van der Waals surface area contributed by atoms with Gasteiger partial charge in [-0.05, 0) is 23.6 Å². The number of carbonyl (C=O) groups is 1. The topological polar surface area (TPSA) is 30.0 Å². The third kappa shape index (κ3) is 1.05. The standard InChI is InChI=1S/C10H9NO/c12-7-9-3-1-2-8-6-11-5-4-10(8)9/h1-2,4-7,9H,3H2. The highest BCUT2D eigenvalue weighted by molar-refractivity contribution is 5.70. The van der Waals surface area contributed by atoms with Crippen LogP contribution in [0.3, 0.4) is 0 Å². The molecule has 0 N–H and O–H groups in total. The van der Waals surface area contributed by atoms with Crippen molar-refractivity contribution in [1.29, 1.82) is 0 Å². The van der Waals surface area contributed by atoms with Gasteiger partial charge in [0.25, 0.3) is 0 Å². The van der Waals surface area contributed by atoms with Crippen molar-refractivity contribution in [2.45, 2.75) is 12.3 Å². The van der Waals surface area contributed by atoms with Crippen molar-refractivity contribution in [2.24, 2.45) is 0 Å². The molecule has 60 valence electrons. The van der Waals surface area contributed by atoms with E-state index >= 15 is 0 Å². The monoisotopic (exact) mass is 159 g/mol. The van der Waals surface area contributed by atoms with Gasteiger partial charge in [-0.25, -0.2) is 0 Å². The number of nitrogens with zero attached hydrogens (tertiary/aromatic N) is 1. The van der Waals surface area contributed by atoms with Crippen molar-refractivity contribution in [3.05, 3.63) is 35.7 Å². The number of pyridine rings is 1. The number of allylic oxidation sites excluding steroid dienone is 1. The van der Waals surface area contributed by atoms with E-state index in [0.29, 0.717) is 0 Å². The van der Waals surface area contributed by atoms with E-state index in [2.05, 4.69) is 4.98 Å². The molecule has 2 nitrogen and oxygen atoms in total. The first-order valence-corrected chi connectivity index (χ1v) is 3.97. The quantitative estimate of drug-likeness (QED) is 0.584. The van der Waals surface area contributed by atoms with Crippen LogP contribution in [0.4, 0.5) is 0 Å². The average Bonchev–Trinajstić information content (AvgIpc) is 2.17. The summed E-state index contributed by atoms with van der Waals surface area (Å²) in [4.78, 5) is 14.7. The predicted octanol–water partition coefficient (Wildman–Crippen LogP) is 1.78. The van der Waals surface area contributed by atoms with Gasteiger partial charge >= 0.3 is 0 Å². The molecule has 1 aromatic rings. The highest BCUT2D eigenvalue weighted by Crippen LogP contribution is 2.26. The summed E-state index contributed by atoms with van der Waals surface area (Å²) in [6.07, 6.45) is 9.38. The molecular weight excluding hydrogens is 150 g/mol. The number of aldehydes is 1. The van der Waals surface area contributed by atoms with E-state index in [0.717, 1.165) is 23.8 Å². The molecule has 0 spiro atoms. The Morgan fingerprint density at radius 1 is 1.58 bits per heavy atom. The molecule has 0 amide bonds. The van der Waals surface area contributed by atoms with Crippen LogP contribution in [-0.4, -0.2) is 11.3 Å². The normalized spacial score (nSPS) is 20.2. The minimum atomic E-state index is 0.0352. The SMILES string of the molecule is O=CC1CC=Cc2cnccc21. The Balaban J connectivity index is 2.52. The number of fused-ring (bicyclic) bond motifs is 1. The van der Waals surface area contributed by atoms with E-state index in [9.17, 15) is 4.79 Å². The lowest BCUT2D eigenvalue weighted by atomic mass is 9.90. The number of hydrogen-bond acceptors (Lipinski definition) is 2. The molecule has 0 fully saturated rings. The van der Waals surface area contributed by atoms with Gasteiger partial charge < -0.3 is 4.79 Å². The maximum Gasteiger partial charge on any atom is 0.127 e. The van der Waals surface area contributed by atoms with Crippen LogP contribution < -0.4 is 0 Å². The minimum absolute atomic E-state index is 0.0352. The molecule has 0 radical (unpaired) electrons. The Labute approximate surface area is 70.9 Å². The zero-order valence-electron chi connectivity index (χ0n) is 6.60. The molecule has 0 aromatic carbocycles. The van der Waals surface area contributed by atoms with E-state index in [1.807, 2.05) is 18.2 Å². The molecule has 1 aliphatic carbocycles. The molecule has 12 heavy (non-hydrogen) atoms. The Hall–Kier alpha value is -1.44. The van der Waals surface area contributed by atoms with E-state index in [-0.39, 0.29) is 5.92 Å². The zero-order valence-corrected chi connectivity index (χ0v) is 6.60. The van der Waals surface area contributed by atoms with Gasteiger partial charge in [0, 0.05) is 18.3 Å². The summed E-state index contributed by atoms with van der Waals surface area (Å²) in [6, 6.07) is 1.91. The molecular formula is C10H9NO. The fourth-order valence-corrected chi connectivity index (χ4v) is 1.49. The molecule has 1 aromatic heterocycles. The lowest BCUT2D eigenvalue weighted by Crippen LogP contribution is -2.04. The Morgan fingerprint density at radius 3 is 3.33 bits per heavy atom. The van der Waals surface area contributed by atoms with Gasteiger partial charge in [0.1, 0.15) is 6.29 Å². The third-order valence-electron chi connectivity index (χ3n) is 2.14. The number of rotatable bonds is 1. The summed E-state index contributed by atoms with van der Waals surface area (Å²) in [5, 5.41) is 0. The summed E-state index contributed by atoms with van der Waals surface area (Å²) < 4.78 is 0. The lowest BCUT2D eigenvalue weighted by molar-refractivity contribution is -0.109. The van der Waals surface area contributed by atoms with Crippen molar-refractivity contribution in [3.8, 4) is 0 Å². The van der Waals surface area contributed by atoms with E-state index in [1.165, 1.54) is 0 Å². The molecule has 0 bridgehead atoms. The Kier molecular flexibility index (Phi) is 1.74. The highest BCUT2D eigenvalue weighted by Gasteiger charge is 2.14. The van der Waals surface area contributed by atoms with Crippen LogP contribution in [0.15, 0.2) is 24.5 Å². The molecule has 1 heterocycles. The van der Waals surface area contributed by atoms with E-state index in [1.54, 1.807) is 12.4 Å². The first-order valence-electron chi connectivity index (χ1n) is 3.97. The van der Waals surface area contributed by atoms with Crippen molar-refractivity contribution in [2.75, 3.05) is 0 Å². The average molecular weight is 159 g/mol. The molecule has 1 aliphatic rings. The van der Waals surface area contributed by atoms with Crippen molar-refractivity contribution < 1.29 is 4.79 Å². The first-order chi connectivity index (χ1) is 5.92. The Morgan fingerprint density at radius 2 is 2.50 bits per heavy atom. The van der Waals surface area contributed by atoms with Gasteiger partial charge in [-0.1, -0.05) is 12.2 Å². The molecule has 0 saturated heterocycles. The van der Waals surface area contributed by atoms with E-state index in [4.69, 9.17) is 0 Å². The molecule has 2 rings (SSSR count). The summed E-state index contributed by atoms with van der Waals surface area (Å²) in [6.45, 7) is 0. The van der Waals surface area contributed by atoms with Crippen LogP contribution in [0.5, 0.6) is 0 Å². The van der Waals surface area contributed by atoms with Gasteiger partial charge in [0.2, 0.25) is 0 Å². The lowest BCUT2D eigenvalue weighted by Gasteiger charge is -2.14. The fourth-order valence-electron chi connectivity index (χ4n) is 1.49. The van der Waals surface area contributed by atoms with Crippen LogP contribution in [0.25, 0.3) is 6.08 Å². The maximum absolute atomic E-state index is 10.7. The van der Waals surface area contributed by atoms with Gasteiger partial charge in [0.15, 0.2) is 0 Å². The summed E-state index contributed by atoms with van der Waals surface area (Å²) in [5.41, 5.74) is 2.17. The molecule has 1 unspecified atom stereocenters. The van der Waals surface area contributed by atoms with Gasteiger partial charge in [-0.2, -0.15) is 0 Å². The van der Waals surface area contributed by atoms with Crippen molar-refractivity contribution in [1.82, 2.24) is 4.98 Å². The summed E-state index contributed by atoms with van der Waals surface area (Å²) in [5.74, 6) is 0.0352. The second kappa shape index (κ2) is 2.89. The largest absolute Gasteiger partial charge is 0.303 e. The second-order valence-electron chi connectivity index (χ2n) is 2.89. The second-order valence-corrected chi connectivity index (χ2v) is 2.89. The van der Waals surface area contributed by atoms with Gasteiger partial charge in [-0.3, -0.25) is 4.98 Å². The van der Waals surface area contributed by atoms with Gasteiger partial charge in [-0.15, -0.1) is 0 Å². The van der Waals surface area contributed by atoms with Crippen molar-refractivity contribution >= 4 is 12.4 Å². The van der Waals surface area contributed by atoms with Crippen LogP contribution >= 0.6 is 0 Å². The zero-order chi connectivity index (χ0) is 8.39. The van der Waals surface area contributed by atoms with Crippen LogP contribution in [0.2, 0.25) is 0 Å². The van der Waals surface area contributed by atoms with Crippen LogP contribution in [-0.2, 0) is 4.79 Å². The van der Waals surface area contributed by atoms with Crippen LogP contribution in [0.1, 0.15) is 23.5 Å². The predicted molar refractivity (Wildman–Crippen MR) is 46.7 cm³/mol. The number of aromatic nitrogens is 1. The number of hydrogen-bond donors (Lipinski definition) is 0. The molecule has 0 saturated carbocycles. The first kappa shape index (κ1) is 7.22. The smallest absolute Gasteiger partial charge is 0.127 e. The Bertz CT molecular complexity index is 330. The minimum Gasteiger partial charge on any atom is -0.303 e. The fraction of sp³-hybridized carbons (Fsp3) is 0.200. The van der Waals surface area contributed by atoms with Crippen molar-refractivity contribution in [3.63, 3.8) is 0 Å². The van der Waals surface area contributed by atoms with E-state index < -0.39 is 0 Å². The van der Waals surface area contributed by atoms with Crippen LogP contribution in [0, 0.1) is 0 Å². The highest BCUT2D eigenvalue weighted by atomic mass is 16.1. The maximum atomic E-state index is 10.7. The number of carbonyl (C=O) groups excluding carboxylic acids is 1. The molecule has 1 atom stereocenters. The summed E-state index contributed by atoms with van der Waals surface area (Å²) >= 11 is 0. The third-order valence-corrected chi connectivity index (χ3v) is 2.14. The molecule has 2 heteroatoms. The summed E-state index contributed by atoms with van der Waals surface area (Å²) in [7, 11) is 0. The van der Waals surface area contributed by atoms with Gasteiger partial charge in [0.05, 0.1) is 0 Å².